The predicted molar refractivity (Wildman–Crippen MR) is 202 cm³/mol. The van der Waals surface area contributed by atoms with Gasteiger partial charge in [0, 0.05) is 73.6 Å². The molecule has 2 N–H and O–H groups in total. The Bertz CT molecular complexity index is 1840. The Morgan fingerprint density at radius 1 is 0.980 bits per heavy atom. The predicted octanol–water partition coefficient (Wildman–Crippen LogP) is 7.13. The first kappa shape index (κ1) is 35.9. The van der Waals surface area contributed by atoms with E-state index < -0.39 is 5.54 Å². The fraction of sp³-hybridized carbons (Fsp3) is 0.475. The molecule has 4 aromatic rings. The van der Waals surface area contributed by atoms with Gasteiger partial charge in [0.05, 0.1) is 25.3 Å². The quantitative estimate of drug-likeness (QED) is 0.133. The summed E-state index contributed by atoms with van der Waals surface area (Å²) < 4.78 is 11.0. The van der Waals surface area contributed by atoms with Crippen LogP contribution in [0.2, 0.25) is 0 Å². The summed E-state index contributed by atoms with van der Waals surface area (Å²) in [6.07, 6.45) is 7.81. The summed E-state index contributed by atoms with van der Waals surface area (Å²) in [6.45, 7) is 9.83. The van der Waals surface area contributed by atoms with E-state index in [-0.39, 0.29) is 17.1 Å². The van der Waals surface area contributed by atoms with Gasteiger partial charge in [0.25, 0.3) is 5.91 Å². The summed E-state index contributed by atoms with van der Waals surface area (Å²) >= 11 is 0. The molecule has 4 heterocycles. The highest BCUT2D eigenvalue weighted by Crippen LogP contribution is 2.42. The second-order valence-corrected chi connectivity index (χ2v) is 14.5. The molecule has 1 spiro atoms. The average molecular weight is 694 g/mol. The van der Waals surface area contributed by atoms with Crippen molar-refractivity contribution < 1.29 is 19.1 Å². The van der Waals surface area contributed by atoms with Gasteiger partial charge in [-0.3, -0.25) is 4.79 Å². The van der Waals surface area contributed by atoms with E-state index in [1.54, 1.807) is 27.3 Å². The van der Waals surface area contributed by atoms with Crippen LogP contribution in [-0.2, 0) is 11.3 Å². The number of aromatic nitrogens is 3. The number of piperidine rings is 1. The van der Waals surface area contributed by atoms with Crippen LogP contribution in [0.3, 0.4) is 0 Å². The van der Waals surface area contributed by atoms with Gasteiger partial charge in [-0.25, -0.2) is 9.97 Å². The third-order valence-corrected chi connectivity index (χ3v) is 10.5. The van der Waals surface area contributed by atoms with Crippen molar-refractivity contribution in [2.45, 2.75) is 77.8 Å². The van der Waals surface area contributed by atoms with E-state index in [2.05, 4.69) is 53.6 Å². The van der Waals surface area contributed by atoms with Gasteiger partial charge in [-0.15, -0.1) is 0 Å². The fourth-order valence-electron chi connectivity index (χ4n) is 7.31. The highest BCUT2D eigenvalue weighted by Gasteiger charge is 2.47. The second kappa shape index (κ2) is 15.5. The van der Waals surface area contributed by atoms with Crippen LogP contribution in [0.4, 0.5) is 17.5 Å². The molecule has 0 aliphatic carbocycles. The Kier molecular flexibility index (Phi) is 10.9. The number of hydrogen-bond donors (Lipinski definition) is 2. The van der Waals surface area contributed by atoms with E-state index >= 15 is 0 Å². The van der Waals surface area contributed by atoms with Gasteiger partial charge in [0.15, 0.2) is 5.82 Å². The van der Waals surface area contributed by atoms with E-state index in [1.807, 2.05) is 35.2 Å². The summed E-state index contributed by atoms with van der Waals surface area (Å²) in [5.74, 6) is 2.48. The Morgan fingerprint density at radius 2 is 1.75 bits per heavy atom. The van der Waals surface area contributed by atoms with Crippen LogP contribution in [0, 0.1) is 5.41 Å². The number of likely N-dealkylation sites (tertiary alicyclic amines) is 1. The molecule has 2 aliphatic rings. The normalized spacial score (nSPS) is 16.3. The van der Waals surface area contributed by atoms with E-state index in [1.165, 1.54) is 5.69 Å². The van der Waals surface area contributed by atoms with Gasteiger partial charge in [-0.2, -0.15) is 4.98 Å². The second-order valence-electron chi connectivity index (χ2n) is 14.5. The third kappa shape index (κ3) is 8.35. The number of Topliss-reactive ketones (excluding diaryl/α,β-unsaturated/α-hetero) is 1. The number of carbonyl (C=O) groups excluding carboxylic acids is 2. The topological polar surface area (TPSA) is 122 Å². The molecule has 2 fully saturated rings. The Hall–Kier alpha value is -4.93. The smallest absolute Gasteiger partial charge is 0.255 e. The minimum Gasteiger partial charge on any atom is -0.497 e. The van der Waals surface area contributed by atoms with Crippen molar-refractivity contribution in [2.24, 2.45) is 5.41 Å². The molecule has 1 amide bonds. The number of nitrogens with one attached hydrogen (secondary N) is 2. The molecule has 2 aromatic heterocycles. The number of amides is 1. The minimum atomic E-state index is -0.391. The van der Waals surface area contributed by atoms with Gasteiger partial charge in [-0.05, 0) is 69.9 Å². The van der Waals surface area contributed by atoms with Crippen LogP contribution >= 0.6 is 0 Å². The van der Waals surface area contributed by atoms with Gasteiger partial charge >= 0.3 is 0 Å². The molecule has 51 heavy (non-hydrogen) atoms. The maximum atomic E-state index is 13.8. The van der Waals surface area contributed by atoms with E-state index in [0.29, 0.717) is 59.2 Å². The largest absolute Gasteiger partial charge is 0.497 e. The van der Waals surface area contributed by atoms with Crippen molar-refractivity contribution in [2.75, 3.05) is 55.9 Å². The first-order valence-corrected chi connectivity index (χ1v) is 18.1. The first-order chi connectivity index (χ1) is 24.6. The lowest BCUT2D eigenvalue weighted by Gasteiger charge is -2.54. The Morgan fingerprint density at radius 3 is 2.43 bits per heavy atom. The summed E-state index contributed by atoms with van der Waals surface area (Å²) in [5, 5.41) is 7.03. The van der Waals surface area contributed by atoms with Crippen LogP contribution in [-0.4, -0.2) is 77.5 Å². The van der Waals surface area contributed by atoms with E-state index in [9.17, 15) is 9.59 Å². The summed E-state index contributed by atoms with van der Waals surface area (Å²) in [4.78, 5) is 44.8. The molecule has 0 saturated carbocycles. The maximum Gasteiger partial charge on any atom is 0.255 e. The standard InChI is InChI=1S/C40H51N7O4/c1-6-7-16-39(3,17-15-28(2)48)45-36-35-33(43-38(44-36)42-24-29-13-14-32(50-4)23-34(29)51-5)22-30(25-41-35)37(49)47-26-40(27-47)18-20-46(21-19-40)31-11-9-8-10-12-31/h8-14,22-23,25H,6-7,15-21,24,26-27H2,1-5H3,(H2,42,43,44,45)/t39-/m1/s1. The number of fused-ring (bicyclic) bond motifs is 1. The molecule has 11 nitrogen and oxygen atoms in total. The molecule has 0 bridgehead atoms. The number of anilines is 3. The zero-order valence-corrected chi connectivity index (χ0v) is 30.6. The molecule has 2 aliphatic heterocycles. The number of benzene rings is 2. The van der Waals surface area contributed by atoms with E-state index in [4.69, 9.17) is 24.4 Å². The summed E-state index contributed by atoms with van der Waals surface area (Å²) in [5.41, 5.74) is 3.62. The van der Waals surface area contributed by atoms with E-state index in [0.717, 1.165) is 63.8 Å². The lowest BCUT2D eigenvalue weighted by atomic mass is 9.71. The van der Waals surface area contributed by atoms with Crippen LogP contribution in [0.5, 0.6) is 11.5 Å². The molecule has 11 heteroatoms. The van der Waals surface area contributed by atoms with Crippen LogP contribution < -0.4 is 25.0 Å². The number of rotatable bonds is 15. The molecular formula is C40H51N7O4. The number of ether oxygens (including phenoxy) is 2. The molecule has 1 atom stereocenters. The van der Waals surface area contributed by atoms with Crippen LogP contribution in [0.25, 0.3) is 11.0 Å². The monoisotopic (exact) mass is 693 g/mol. The fourth-order valence-corrected chi connectivity index (χ4v) is 7.31. The molecule has 2 aromatic carbocycles. The molecule has 0 unspecified atom stereocenters. The zero-order valence-electron chi connectivity index (χ0n) is 30.6. The zero-order chi connectivity index (χ0) is 36.0. The van der Waals surface area contributed by atoms with Crippen LogP contribution in [0.15, 0.2) is 60.8 Å². The van der Waals surface area contributed by atoms with Crippen molar-refractivity contribution >= 4 is 40.2 Å². The van der Waals surface area contributed by atoms with Crippen LogP contribution in [0.1, 0.15) is 81.6 Å². The lowest BCUT2D eigenvalue weighted by molar-refractivity contribution is -0.117. The number of nitrogens with zero attached hydrogens (tertiary/aromatic N) is 5. The number of pyridine rings is 1. The van der Waals surface area contributed by atoms with Gasteiger partial charge in [0.2, 0.25) is 5.95 Å². The number of methoxy groups -OCH3 is 2. The molecule has 2 saturated heterocycles. The number of para-hydroxylation sites is 1. The van der Waals surface area contributed by atoms with Gasteiger partial charge in [0.1, 0.15) is 22.8 Å². The molecule has 6 rings (SSSR count). The number of ketones is 1. The van der Waals surface area contributed by atoms with Crippen molar-refractivity contribution in [3.63, 3.8) is 0 Å². The number of hydrogen-bond acceptors (Lipinski definition) is 10. The van der Waals surface area contributed by atoms with Crippen molar-refractivity contribution in [1.29, 1.82) is 0 Å². The number of carbonyl (C=O) groups is 2. The highest BCUT2D eigenvalue weighted by atomic mass is 16.5. The summed E-state index contributed by atoms with van der Waals surface area (Å²) in [7, 11) is 3.25. The van der Waals surface area contributed by atoms with Gasteiger partial charge < -0.3 is 34.7 Å². The average Bonchev–Trinajstić information content (AvgIpc) is 3.14. The maximum absolute atomic E-state index is 13.8. The van der Waals surface area contributed by atoms with Crippen molar-refractivity contribution in [1.82, 2.24) is 19.9 Å². The highest BCUT2D eigenvalue weighted by molar-refractivity contribution is 5.98. The lowest BCUT2D eigenvalue weighted by Crippen LogP contribution is -2.61. The minimum absolute atomic E-state index is 0.0274. The molecular weight excluding hydrogens is 642 g/mol. The third-order valence-electron chi connectivity index (χ3n) is 10.5. The van der Waals surface area contributed by atoms with Gasteiger partial charge in [-0.1, -0.05) is 38.0 Å². The molecule has 270 valence electrons. The number of unbranched alkanes of at least 4 members (excludes halogenated alkanes) is 1. The van der Waals surface area contributed by atoms with Crippen molar-refractivity contribution in [3.05, 3.63) is 71.9 Å². The first-order valence-electron chi connectivity index (χ1n) is 18.1. The Labute approximate surface area is 301 Å². The Balaban J connectivity index is 1.24. The summed E-state index contributed by atoms with van der Waals surface area (Å²) in [6, 6.07) is 18.1. The van der Waals surface area contributed by atoms with Crippen molar-refractivity contribution in [3.8, 4) is 11.5 Å². The molecule has 0 radical (unpaired) electrons. The SMILES string of the molecule is CCCC[C@](C)(CCC(C)=O)Nc1nc(NCc2ccc(OC)cc2OC)nc2cc(C(=O)N3CC4(CCN(c5ccccc5)CC4)C3)cnc12.